The lowest BCUT2D eigenvalue weighted by Crippen LogP contribution is -2.27. The Morgan fingerprint density at radius 1 is 1.29 bits per heavy atom. The van der Waals surface area contributed by atoms with Crippen LogP contribution in [0.3, 0.4) is 0 Å². The van der Waals surface area contributed by atoms with E-state index in [9.17, 15) is 4.79 Å². The van der Waals surface area contributed by atoms with Crippen LogP contribution in [0.25, 0.3) is 10.9 Å². The van der Waals surface area contributed by atoms with E-state index in [4.69, 9.17) is 5.73 Å². The van der Waals surface area contributed by atoms with Gasteiger partial charge in [0.05, 0.1) is 5.52 Å². The summed E-state index contributed by atoms with van der Waals surface area (Å²) in [6, 6.07) is 9.84. The molecule has 0 unspecified atom stereocenters. The molecule has 0 aliphatic heterocycles. The van der Waals surface area contributed by atoms with Crippen molar-refractivity contribution >= 4 is 10.9 Å². The summed E-state index contributed by atoms with van der Waals surface area (Å²) in [5.41, 5.74) is 7.34. The molecule has 0 aliphatic rings. The van der Waals surface area contributed by atoms with E-state index in [0.717, 1.165) is 17.4 Å². The van der Waals surface area contributed by atoms with Crippen molar-refractivity contribution in [1.29, 1.82) is 0 Å². The van der Waals surface area contributed by atoms with Gasteiger partial charge in [0.2, 0.25) is 0 Å². The minimum Gasteiger partial charge on any atom is -0.326 e. The smallest absolute Gasteiger partial charge is 0.255 e. The van der Waals surface area contributed by atoms with Crippen molar-refractivity contribution in [3.8, 4) is 0 Å². The number of rotatable bonds is 3. The van der Waals surface area contributed by atoms with Crippen molar-refractivity contribution in [2.75, 3.05) is 0 Å². The van der Waals surface area contributed by atoms with Crippen LogP contribution in [-0.4, -0.2) is 4.57 Å². The molecule has 0 aliphatic carbocycles. The van der Waals surface area contributed by atoms with E-state index >= 15 is 0 Å². The number of nitrogens with zero attached hydrogens (tertiary/aromatic N) is 1. The van der Waals surface area contributed by atoms with E-state index in [1.165, 1.54) is 0 Å². The van der Waals surface area contributed by atoms with Gasteiger partial charge in [-0.05, 0) is 23.4 Å². The highest BCUT2D eigenvalue weighted by atomic mass is 16.1. The van der Waals surface area contributed by atoms with Gasteiger partial charge in [0, 0.05) is 18.7 Å². The van der Waals surface area contributed by atoms with E-state index in [0.29, 0.717) is 18.0 Å². The fourth-order valence-corrected chi connectivity index (χ4v) is 2.08. The Labute approximate surface area is 101 Å². The number of fused-ring (bicyclic) bond motifs is 1. The standard InChI is InChI=1S/C14H18N2O/c1-10(2)9-16-13-6-4-3-5-11(13)7-12(8-15)14(16)17/h3-7,10H,8-9,15H2,1-2H3. The van der Waals surface area contributed by atoms with Crippen LogP contribution >= 0.6 is 0 Å². The van der Waals surface area contributed by atoms with Gasteiger partial charge in [-0.3, -0.25) is 4.79 Å². The van der Waals surface area contributed by atoms with Gasteiger partial charge in [-0.1, -0.05) is 32.0 Å². The second-order valence-corrected chi connectivity index (χ2v) is 4.74. The Morgan fingerprint density at radius 3 is 2.65 bits per heavy atom. The lowest BCUT2D eigenvalue weighted by molar-refractivity contribution is 0.521. The maximum Gasteiger partial charge on any atom is 0.255 e. The van der Waals surface area contributed by atoms with Crippen LogP contribution in [0.1, 0.15) is 19.4 Å². The minimum absolute atomic E-state index is 0.0416. The molecule has 2 aromatic rings. The third kappa shape index (κ3) is 2.24. The summed E-state index contributed by atoms with van der Waals surface area (Å²) in [5, 5.41) is 1.08. The van der Waals surface area contributed by atoms with Gasteiger partial charge >= 0.3 is 0 Å². The summed E-state index contributed by atoms with van der Waals surface area (Å²) in [6.07, 6.45) is 0. The molecule has 17 heavy (non-hydrogen) atoms. The molecule has 0 fully saturated rings. The molecule has 0 atom stereocenters. The molecule has 0 saturated heterocycles. The van der Waals surface area contributed by atoms with E-state index in [-0.39, 0.29) is 5.56 Å². The molecule has 1 heterocycles. The van der Waals surface area contributed by atoms with E-state index < -0.39 is 0 Å². The summed E-state index contributed by atoms with van der Waals surface area (Å²) < 4.78 is 1.84. The fourth-order valence-electron chi connectivity index (χ4n) is 2.08. The van der Waals surface area contributed by atoms with Gasteiger partial charge < -0.3 is 10.3 Å². The number of aromatic nitrogens is 1. The highest BCUT2D eigenvalue weighted by Crippen LogP contribution is 2.14. The molecule has 2 N–H and O–H groups in total. The lowest BCUT2D eigenvalue weighted by Gasteiger charge is -2.14. The largest absolute Gasteiger partial charge is 0.326 e. The molecule has 0 spiro atoms. The van der Waals surface area contributed by atoms with E-state index in [1.54, 1.807) is 0 Å². The number of para-hydroxylation sites is 1. The average Bonchev–Trinajstić information content (AvgIpc) is 2.32. The van der Waals surface area contributed by atoms with Gasteiger partial charge in [0.1, 0.15) is 0 Å². The van der Waals surface area contributed by atoms with Crippen molar-refractivity contribution in [3.63, 3.8) is 0 Å². The highest BCUT2D eigenvalue weighted by Gasteiger charge is 2.08. The first-order chi connectivity index (χ1) is 8.13. The Bertz CT molecular complexity index is 584. The van der Waals surface area contributed by atoms with Crippen molar-refractivity contribution in [2.24, 2.45) is 11.7 Å². The zero-order chi connectivity index (χ0) is 12.4. The van der Waals surface area contributed by atoms with Gasteiger partial charge in [-0.15, -0.1) is 0 Å². The third-order valence-corrected chi connectivity index (χ3v) is 2.84. The predicted octanol–water partition coefficient (Wildman–Crippen LogP) is 2.12. The summed E-state index contributed by atoms with van der Waals surface area (Å²) in [6.45, 7) is 5.24. The average molecular weight is 230 g/mol. The number of pyridine rings is 1. The van der Waals surface area contributed by atoms with E-state index in [2.05, 4.69) is 13.8 Å². The van der Waals surface area contributed by atoms with Crippen molar-refractivity contribution in [1.82, 2.24) is 4.57 Å². The number of hydrogen-bond acceptors (Lipinski definition) is 2. The molecule has 0 saturated carbocycles. The van der Waals surface area contributed by atoms with Gasteiger partial charge in [0.25, 0.3) is 5.56 Å². The number of benzene rings is 1. The molecule has 2 rings (SSSR count). The van der Waals surface area contributed by atoms with Crippen LogP contribution in [0.4, 0.5) is 0 Å². The number of hydrogen-bond donors (Lipinski definition) is 1. The Kier molecular flexibility index (Phi) is 3.29. The van der Waals surface area contributed by atoms with Crippen LogP contribution < -0.4 is 11.3 Å². The molecular formula is C14H18N2O. The quantitative estimate of drug-likeness (QED) is 0.878. The van der Waals surface area contributed by atoms with Gasteiger partial charge in [-0.2, -0.15) is 0 Å². The molecule has 0 amide bonds. The van der Waals surface area contributed by atoms with Crippen molar-refractivity contribution in [2.45, 2.75) is 26.9 Å². The van der Waals surface area contributed by atoms with Gasteiger partial charge in [0.15, 0.2) is 0 Å². The normalized spacial score (nSPS) is 11.3. The van der Waals surface area contributed by atoms with Gasteiger partial charge in [-0.25, -0.2) is 0 Å². The first-order valence-electron chi connectivity index (χ1n) is 5.95. The van der Waals surface area contributed by atoms with E-state index in [1.807, 2.05) is 34.9 Å². The molecule has 3 nitrogen and oxygen atoms in total. The monoisotopic (exact) mass is 230 g/mol. The fraction of sp³-hybridized carbons (Fsp3) is 0.357. The summed E-state index contributed by atoms with van der Waals surface area (Å²) in [4.78, 5) is 12.2. The Morgan fingerprint density at radius 2 is 2.00 bits per heavy atom. The maximum atomic E-state index is 12.2. The highest BCUT2D eigenvalue weighted by molar-refractivity contribution is 5.79. The molecule has 0 bridgehead atoms. The third-order valence-electron chi connectivity index (χ3n) is 2.84. The molecule has 1 aromatic heterocycles. The minimum atomic E-state index is 0.0416. The maximum absolute atomic E-state index is 12.2. The topological polar surface area (TPSA) is 48.0 Å². The zero-order valence-corrected chi connectivity index (χ0v) is 10.3. The van der Waals surface area contributed by atoms with Crippen LogP contribution in [0.15, 0.2) is 35.1 Å². The summed E-state index contributed by atoms with van der Waals surface area (Å²) >= 11 is 0. The summed E-state index contributed by atoms with van der Waals surface area (Å²) in [7, 11) is 0. The molecule has 90 valence electrons. The lowest BCUT2D eigenvalue weighted by atomic mass is 10.1. The second-order valence-electron chi connectivity index (χ2n) is 4.74. The number of nitrogens with two attached hydrogens (primary N) is 1. The second kappa shape index (κ2) is 4.72. The molecule has 0 radical (unpaired) electrons. The van der Waals surface area contributed by atoms with Crippen LogP contribution in [-0.2, 0) is 13.1 Å². The SMILES string of the molecule is CC(C)Cn1c(=O)c(CN)cc2ccccc21. The van der Waals surface area contributed by atoms with Crippen molar-refractivity contribution < 1.29 is 0 Å². The van der Waals surface area contributed by atoms with Crippen LogP contribution in [0.5, 0.6) is 0 Å². The van der Waals surface area contributed by atoms with Crippen LogP contribution in [0.2, 0.25) is 0 Å². The molecule has 3 heteroatoms. The predicted molar refractivity (Wildman–Crippen MR) is 70.9 cm³/mol. The molecular weight excluding hydrogens is 212 g/mol. The summed E-state index contributed by atoms with van der Waals surface area (Å²) in [5.74, 6) is 0.434. The molecule has 1 aromatic carbocycles. The van der Waals surface area contributed by atoms with Crippen molar-refractivity contribution in [3.05, 3.63) is 46.2 Å². The Hall–Kier alpha value is -1.61. The van der Waals surface area contributed by atoms with Crippen LogP contribution in [0, 0.1) is 5.92 Å². The zero-order valence-electron chi connectivity index (χ0n) is 10.3. The Balaban J connectivity index is 2.75. The first-order valence-corrected chi connectivity index (χ1v) is 5.95. The first kappa shape index (κ1) is 11.9.